The van der Waals surface area contributed by atoms with E-state index >= 15 is 0 Å². The first-order valence-electron chi connectivity index (χ1n) is 7.26. The summed E-state index contributed by atoms with van der Waals surface area (Å²) in [5.41, 5.74) is 7.50. The molecule has 1 saturated heterocycles. The number of benzene rings is 1. The number of hydrogen-bond acceptors (Lipinski definition) is 3. The number of hydrogen-bond donors (Lipinski definition) is 1. The van der Waals surface area contributed by atoms with Crippen molar-refractivity contribution in [2.45, 2.75) is 31.8 Å². The van der Waals surface area contributed by atoms with Gasteiger partial charge in [-0.3, -0.25) is 4.90 Å². The molecule has 2 atom stereocenters. The van der Waals surface area contributed by atoms with E-state index < -0.39 is 0 Å². The lowest BCUT2D eigenvalue weighted by atomic mass is 9.92. The average molecular weight is 261 g/mol. The molecule has 0 amide bonds. The maximum absolute atomic E-state index is 6.56. The fourth-order valence-corrected chi connectivity index (χ4v) is 2.99. The van der Waals surface area contributed by atoms with Crippen molar-refractivity contribution in [2.24, 2.45) is 5.73 Å². The summed E-state index contributed by atoms with van der Waals surface area (Å²) in [5, 5.41) is 0. The Morgan fingerprint density at radius 3 is 2.63 bits per heavy atom. The van der Waals surface area contributed by atoms with Crippen molar-refractivity contribution in [1.82, 2.24) is 9.80 Å². The van der Waals surface area contributed by atoms with Gasteiger partial charge in [0.2, 0.25) is 0 Å². The third kappa shape index (κ3) is 3.78. The highest BCUT2D eigenvalue weighted by atomic mass is 15.2. The molecule has 0 aromatic heterocycles. The molecule has 1 aromatic carbocycles. The van der Waals surface area contributed by atoms with Gasteiger partial charge in [0, 0.05) is 19.1 Å². The topological polar surface area (TPSA) is 32.5 Å². The Balaban J connectivity index is 2.06. The molecule has 1 aromatic rings. The first kappa shape index (κ1) is 14.5. The van der Waals surface area contributed by atoms with Crippen molar-refractivity contribution in [3.63, 3.8) is 0 Å². The minimum Gasteiger partial charge on any atom is -0.321 e. The molecule has 1 aliphatic rings. The van der Waals surface area contributed by atoms with Crippen molar-refractivity contribution in [1.29, 1.82) is 0 Å². The van der Waals surface area contributed by atoms with Gasteiger partial charge in [-0.2, -0.15) is 0 Å². The van der Waals surface area contributed by atoms with Crippen LogP contribution >= 0.6 is 0 Å². The second kappa shape index (κ2) is 6.04. The van der Waals surface area contributed by atoms with E-state index in [0.29, 0.717) is 6.04 Å². The summed E-state index contributed by atoms with van der Waals surface area (Å²) in [6.07, 6.45) is 1.23. The fraction of sp³-hybridized carbons (Fsp3) is 0.625. The summed E-state index contributed by atoms with van der Waals surface area (Å²) in [5.74, 6) is 0. The Hall–Kier alpha value is -0.900. The first-order chi connectivity index (χ1) is 8.99. The zero-order valence-corrected chi connectivity index (χ0v) is 12.5. The summed E-state index contributed by atoms with van der Waals surface area (Å²) in [7, 11) is 2.21. The number of rotatable bonds is 3. The van der Waals surface area contributed by atoms with Gasteiger partial charge < -0.3 is 10.6 Å². The molecule has 19 heavy (non-hydrogen) atoms. The maximum Gasteiger partial charge on any atom is 0.0510 e. The van der Waals surface area contributed by atoms with Crippen LogP contribution in [0, 0.1) is 0 Å². The molecule has 0 spiro atoms. The molecule has 3 nitrogen and oxygen atoms in total. The third-order valence-corrected chi connectivity index (χ3v) is 4.15. The van der Waals surface area contributed by atoms with Crippen LogP contribution in [0.5, 0.6) is 0 Å². The van der Waals surface area contributed by atoms with E-state index in [1.807, 2.05) is 6.07 Å². The lowest BCUT2D eigenvalue weighted by Crippen LogP contribution is -2.49. The van der Waals surface area contributed by atoms with Gasteiger partial charge in [0.1, 0.15) is 0 Å². The van der Waals surface area contributed by atoms with Gasteiger partial charge in [0.15, 0.2) is 0 Å². The van der Waals surface area contributed by atoms with E-state index in [9.17, 15) is 0 Å². The van der Waals surface area contributed by atoms with Gasteiger partial charge in [-0.25, -0.2) is 0 Å². The summed E-state index contributed by atoms with van der Waals surface area (Å²) < 4.78 is 0. The molecular weight excluding hydrogens is 234 g/mol. The standard InChI is InChI=1S/C16H27N3/c1-14-12-18(3)10-7-11-19(14)13-16(2,17)15-8-5-4-6-9-15/h4-6,8-9,14H,7,10-13,17H2,1-3H3. The van der Waals surface area contributed by atoms with Crippen LogP contribution in [-0.4, -0.2) is 49.1 Å². The van der Waals surface area contributed by atoms with Crippen LogP contribution in [0.3, 0.4) is 0 Å². The molecule has 2 N–H and O–H groups in total. The summed E-state index contributed by atoms with van der Waals surface area (Å²) in [6, 6.07) is 11.0. The minimum atomic E-state index is -0.279. The van der Waals surface area contributed by atoms with Gasteiger partial charge in [-0.1, -0.05) is 30.3 Å². The monoisotopic (exact) mass is 261 g/mol. The molecule has 106 valence electrons. The van der Waals surface area contributed by atoms with Gasteiger partial charge in [0.25, 0.3) is 0 Å². The molecule has 3 heteroatoms. The lowest BCUT2D eigenvalue weighted by Gasteiger charge is -2.36. The van der Waals surface area contributed by atoms with E-state index in [-0.39, 0.29) is 5.54 Å². The molecular formula is C16H27N3. The predicted octanol–water partition coefficient (Wildman–Crippen LogP) is 1.89. The number of nitrogens with two attached hydrogens (primary N) is 1. The molecule has 0 radical (unpaired) electrons. The molecule has 0 aliphatic carbocycles. The Morgan fingerprint density at radius 2 is 1.95 bits per heavy atom. The average Bonchev–Trinajstić information content (AvgIpc) is 2.52. The van der Waals surface area contributed by atoms with E-state index in [1.54, 1.807) is 0 Å². The molecule has 2 unspecified atom stereocenters. The lowest BCUT2D eigenvalue weighted by molar-refractivity contribution is 0.164. The summed E-state index contributed by atoms with van der Waals surface area (Å²) >= 11 is 0. The van der Waals surface area contributed by atoms with E-state index in [2.05, 4.69) is 55.0 Å². The zero-order valence-electron chi connectivity index (χ0n) is 12.5. The van der Waals surface area contributed by atoms with Crippen LogP contribution in [0.4, 0.5) is 0 Å². The minimum absolute atomic E-state index is 0.279. The van der Waals surface area contributed by atoms with Crippen LogP contribution < -0.4 is 5.73 Å². The smallest absolute Gasteiger partial charge is 0.0510 e. The molecule has 1 fully saturated rings. The highest BCUT2D eigenvalue weighted by molar-refractivity contribution is 5.23. The molecule has 0 saturated carbocycles. The van der Waals surface area contributed by atoms with Crippen molar-refractivity contribution in [3.8, 4) is 0 Å². The first-order valence-corrected chi connectivity index (χ1v) is 7.26. The Bertz CT molecular complexity index is 388. The summed E-state index contributed by atoms with van der Waals surface area (Å²) in [4.78, 5) is 4.96. The normalized spacial score (nSPS) is 25.8. The molecule has 2 rings (SSSR count). The van der Waals surface area contributed by atoms with E-state index in [4.69, 9.17) is 5.73 Å². The van der Waals surface area contributed by atoms with Gasteiger partial charge >= 0.3 is 0 Å². The van der Waals surface area contributed by atoms with Gasteiger partial charge in [-0.15, -0.1) is 0 Å². The molecule has 1 aliphatic heterocycles. The van der Waals surface area contributed by atoms with Crippen LogP contribution in [0.25, 0.3) is 0 Å². The van der Waals surface area contributed by atoms with E-state index in [1.165, 1.54) is 18.5 Å². The van der Waals surface area contributed by atoms with E-state index in [0.717, 1.165) is 19.6 Å². The van der Waals surface area contributed by atoms with Crippen molar-refractivity contribution in [2.75, 3.05) is 33.2 Å². The van der Waals surface area contributed by atoms with Crippen molar-refractivity contribution in [3.05, 3.63) is 35.9 Å². The Kier molecular flexibility index (Phi) is 4.61. The highest BCUT2D eigenvalue weighted by Gasteiger charge is 2.28. The second-order valence-electron chi connectivity index (χ2n) is 6.22. The quantitative estimate of drug-likeness (QED) is 0.902. The second-order valence-corrected chi connectivity index (χ2v) is 6.22. The number of likely N-dealkylation sites (N-methyl/N-ethyl adjacent to an activating group) is 1. The van der Waals surface area contributed by atoms with Gasteiger partial charge in [-0.05, 0) is 46.0 Å². The fourth-order valence-electron chi connectivity index (χ4n) is 2.99. The maximum atomic E-state index is 6.56. The Labute approximate surface area is 117 Å². The van der Waals surface area contributed by atoms with Crippen molar-refractivity contribution < 1.29 is 0 Å². The largest absolute Gasteiger partial charge is 0.321 e. The van der Waals surface area contributed by atoms with Crippen LogP contribution in [-0.2, 0) is 5.54 Å². The molecule has 1 heterocycles. The highest BCUT2D eigenvalue weighted by Crippen LogP contribution is 2.21. The van der Waals surface area contributed by atoms with Gasteiger partial charge in [0.05, 0.1) is 5.54 Å². The zero-order chi connectivity index (χ0) is 13.9. The molecule has 0 bridgehead atoms. The third-order valence-electron chi connectivity index (χ3n) is 4.15. The summed E-state index contributed by atoms with van der Waals surface area (Å²) in [6.45, 7) is 8.84. The number of nitrogens with zero attached hydrogens (tertiary/aromatic N) is 2. The van der Waals surface area contributed by atoms with Crippen LogP contribution in [0.1, 0.15) is 25.8 Å². The van der Waals surface area contributed by atoms with Crippen molar-refractivity contribution >= 4 is 0 Å². The predicted molar refractivity (Wildman–Crippen MR) is 81.1 cm³/mol. The van der Waals surface area contributed by atoms with Crippen LogP contribution in [0.15, 0.2) is 30.3 Å². The SMILES string of the molecule is CC1CN(C)CCCN1CC(C)(N)c1ccccc1. The van der Waals surface area contributed by atoms with Crippen LogP contribution in [0.2, 0.25) is 0 Å². The Morgan fingerprint density at radius 1 is 1.26 bits per heavy atom.